The highest BCUT2D eigenvalue weighted by Gasteiger charge is 2.24. The van der Waals surface area contributed by atoms with E-state index in [4.69, 9.17) is 0 Å². The molecule has 1 atom stereocenters. The Bertz CT molecular complexity index is 880. The molecule has 0 aliphatic carbocycles. The van der Waals surface area contributed by atoms with E-state index in [9.17, 15) is 13.6 Å². The van der Waals surface area contributed by atoms with E-state index in [1.807, 2.05) is 31.2 Å². The van der Waals surface area contributed by atoms with Crippen LogP contribution in [0.25, 0.3) is 0 Å². The van der Waals surface area contributed by atoms with Crippen LogP contribution in [0.15, 0.2) is 53.5 Å². The van der Waals surface area contributed by atoms with Gasteiger partial charge in [-0.2, -0.15) is 8.78 Å². The van der Waals surface area contributed by atoms with Crippen molar-refractivity contribution in [2.24, 2.45) is 4.99 Å². The van der Waals surface area contributed by atoms with Crippen molar-refractivity contribution in [1.29, 1.82) is 0 Å². The van der Waals surface area contributed by atoms with Gasteiger partial charge >= 0.3 is 6.61 Å². The predicted octanol–water partition coefficient (Wildman–Crippen LogP) is 4.09. The second kappa shape index (κ2) is 11.7. The lowest BCUT2D eigenvalue weighted by Crippen LogP contribution is -2.40. The number of guanidine groups is 1. The minimum Gasteiger partial charge on any atom is -0.434 e. The van der Waals surface area contributed by atoms with Gasteiger partial charge in [-0.1, -0.05) is 36.4 Å². The molecule has 1 heterocycles. The monoisotopic (exact) mass is 530 g/mol. The highest BCUT2D eigenvalue weighted by atomic mass is 127. The second-order valence-electron chi connectivity index (χ2n) is 6.60. The molecular formula is C21H25F2IN4O2. The van der Waals surface area contributed by atoms with Crippen molar-refractivity contribution >= 4 is 41.5 Å². The van der Waals surface area contributed by atoms with Gasteiger partial charge in [0.05, 0.1) is 6.54 Å². The average Bonchev–Trinajstić information content (AvgIpc) is 2.70. The molecule has 0 bridgehead atoms. The molecular weight excluding hydrogens is 505 g/mol. The van der Waals surface area contributed by atoms with Crippen LogP contribution in [0.3, 0.4) is 0 Å². The van der Waals surface area contributed by atoms with Gasteiger partial charge in [0.1, 0.15) is 5.75 Å². The molecule has 0 spiro atoms. The minimum absolute atomic E-state index is 0. The summed E-state index contributed by atoms with van der Waals surface area (Å²) in [6.07, 6.45) is 0.383. The van der Waals surface area contributed by atoms with Gasteiger partial charge in [0.15, 0.2) is 5.96 Å². The van der Waals surface area contributed by atoms with Crippen molar-refractivity contribution in [2.45, 2.75) is 32.4 Å². The van der Waals surface area contributed by atoms with E-state index in [0.717, 1.165) is 11.3 Å². The molecule has 0 aromatic heterocycles. The number of halogens is 3. The Balaban J connectivity index is 0.00000320. The van der Waals surface area contributed by atoms with Crippen molar-refractivity contribution in [3.05, 3.63) is 59.7 Å². The zero-order valence-corrected chi connectivity index (χ0v) is 18.9. The molecule has 0 saturated carbocycles. The lowest BCUT2D eigenvalue weighted by Gasteiger charge is -2.26. The number of aliphatic imine (C=N–C) groups is 1. The number of carbonyl (C=O) groups excluding carboxylic acids is 1. The third-order valence-corrected chi connectivity index (χ3v) is 4.56. The van der Waals surface area contributed by atoms with E-state index in [1.165, 1.54) is 6.07 Å². The maximum absolute atomic E-state index is 12.6. The third-order valence-electron chi connectivity index (χ3n) is 4.56. The summed E-state index contributed by atoms with van der Waals surface area (Å²) in [5.74, 6) is 0.650. The lowest BCUT2D eigenvalue weighted by molar-refractivity contribution is -0.116. The predicted molar refractivity (Wildman–Crippen MR) is 124 cm³/mol. The molecule has 6 nitrogen and oxygen atoms in total. The number of alkyl halides is 2. The second-order valence-corrected chi connectivity index (χ2v) is 6.60. The Hall–Kier alpha value is -2.43. The van der Waals surface area contributed by atoms with Crippen LogP contribution in [0.2, 0.25) is 0 Å². The van der Waals surface area contributed by atoms with E-state index in [1.54, 1.807) is 18.2 Å². The Morgan fingerprint density at radius 3 is 2.70 bits per heavy atom. The molecule has 2 aromatic carbocycles. The summed E-state index contributed by atoms with van der Waals surface area (Å²) in [5.41, 5.74) is 2.47. The first-order chi connectivity index (χ1) is 14.1. The number of fused-ring (bicyclic) bond motifs is 1. The number of hydrogen-bond acceptors (Lipinski definition) is 3. The number of benzene rings is 2. The largest absolute Gasteiger partial charge is 0.434 e. The van der Waals surface area contributed by atoms with Gasteiger partial charge in [-0.15, -0.1) is 24.0 Å². The van der Waals surface area contributed by atoms with Crippen molar-refractivity contribution in [1.82, 2.24) is 10.6 Å². The Morgan fingerprint density at radius 1 is 1.20 bits per heavy atom. The molecule has 1 aliphatic heterocycles. The summed E-state index contributed by atoms with van der Waals surface area (Å²) in [7, 11) is 0. The Labute approximate surface area is 191 Å². The molecule has 9 heteroatoms. The smallest absolute Gasteiger partial charge is 0.387 e. The van der Waals surface area contributed by atoms with Crippen LogP contribution in [0.5, 0.6) is 5.75 Å². The van der Waals surface area contributed by atoms with Gasteiger partial charge < -0.3 is 20.7 Å². The van der Waals surface area contributed by atoms with Crippen LogP contribution in [-0.4, -0.2) is 31.6 Å². The fourth-order valence-electron chi connectivity index (χ4n) is 3.26. The number of carbonyl (C=O) groups is 1. The highest BCUT2D eigenvalue weighted by molar-refractivity contribution is 14.0. The van der Waals surface area contributed by atoms with E-state index < -0.39 is 6.61 Å². The summed E-state index contributed by atoms with van der Waals surface area (Å²) in [6.45, 7) is 0.395. The topological polar surface area (TPSA) is 74.8 Å². The molecule has 1 aliphatic rings. The van der Waals surface area contributed by atoms with Crippen LogP contribution < -0.4 is 20.7 Å². The van der Waals surface area contributed by atoms with Crippen LogP contribution in [0, 0.1) is 0 Å². The van der Waals surface area contributed by atoms with Gasteiger partial charge in [-0.3, -0.25) is 4.79 Å². The van der Waals surface area contributed by atoms with Gasteiger partial charge in [0.25, 0.3) is 0 Å². The number of para-hydroxylation sites is 2. The SMILES string of the molecule is CCNC(=NCc1ccccc1OC(F)F)NCC1CC(=O)Nc2ccccc21.I. The first kappa shape index (κ1) is 23.8. The van der Waals surface area contributed by atoms with Crippen molar-refractivity contribution in [2.75, 3.05) is 18.4 Å². The molecule has 30 heavy (non-hydrogen) atoms. The number of anilines is 1. The van der Waals surface area contributed by atoms with Crippen LogP contribution in [-0.2, 0) is 11.3 Å². The molecule has 3 rings (SSSR count). The molecule has 0 fully saturated rings. The summed E-state index contributed by atoms with van der Waals surface area (Å²) in [4.78, 5) is 16.5. The number of hydrogen-bond donors (Lipinski definition) is 3. The van der Waals surface area contributed by atoms with Gasteiger partial charge in [0, 0.05) is 36.7 Å². The standard InChI is InChI=1S/C21H24F2N4O2.HI/c1-2-24-21(25-12-14-7-3-6-10-18(14)29-20(22)23)26-13-15-11-19(28)27-17-9-5-4-8-16(15)17;/h3-10,15,20H,2,11-13H2,1H3,(H,27,28)(H2,24,25,26);1H. The zero-order chi connectivity index (χ0) is 20.6. The van der Waals surface area contributed by atoms with Crippen LogP contribution >= 0.6 is 24.0 Å². The zero-order valence-electron chi connectivity index (χ0n) is 16.5. The first-order valence-electron chi connectivity index (χ1n) is 9.50. The van der Waals surface area contributed by atoms with Gasteiger partial charge in [0.2, 0.25) is 5.91 Å². The number of ether oxygens (including phenoxy) is 1. The van der Waals surface area contributed by atoms with E-state index in [-0.39, 0.29) is 48.1 Å². The van der Waals surface area contributed by atoms with Crippen molar-refractivity contribution in [3.63, 3.8) is 0 Å². The first-order valence-corrected chi connectivity index (χ1v) is 9.50. The Morgan fingerprint density at radius 2 is 1.93 bits per heavy atom. The number of nitrogens with one attached hydrogen (secondary N) is 3. The normalized spacial score (nSPS) is 15.7. The fourth-order valence-corrected chi connectivity index (χ4v) is 3.26. The number of rotatable bonds is 7. The van der Waals surface area contributed by atoms with Gasteiger partial charge in [-0.25, -0.2) is 4.99 Å². The summed E-state index contributed by atoms with van der Waals surface area (Å²) in [6, 6.07) is 14.3. The molecule has 0 radical (unpaired) electrons. The molecule has 3 N–H and O–H groups in total. The van der Waals surface area contributed by atoms with Crippen LogP contribution in [0.1, 0.15) is 30.4 Å². The lowest BCUT2D eigenvalue weighted by atomic mass is 9.90. The summed E-state index contributed by atoms with van der Waals surface area (Å²) in [5, 5.41) is 9.27. The highest BCUT2D eigenvalue weighted by Crippen LogP contribution is 2.31. The Kier molecular flexibility index (Phi) is 9.28. The molecule has 1 amide bonds. The van der Waals surface area contributed by atoms with Crippen molar-refractivity contribution < 1.29 is 18.3 Å². The number of nitrogens with zero attached hydrogens (tertiary/aromatic N) is 1. The maximum Gasteiger partial charge on any atom is 0.387 e. The molecule has 1 unspecified atom stereocenters. The molecule has 162 valence electrons. The van der Waals surface area contributed by atoms with E-state index in [2.05, 4.69) is 25.7 Å². The maximum atomic E-state index is 12.6. The molecule has 0 saturated heterocycles. The van der Waals surface area contributed by atoms with Crippen molar-refractivity contribution in [3.8, 4) is 5.75 Å². The third kappa shape index (κ3) is 6.54. The van der Waals surface area contributed by atoms with Gasteiger partial charge in [-0.05, 0) is 24.6 Å². The summed E-state index contributed by atoms with van der Waals surface area (Å²) >= 11 is 0. The average molecular weight is 530 g/mol. The van der Waals surface area contributed by atoms with Crippen LogP contribution in [0.4, 0.5) is 14.5 Å². The fraction of sp³-hybridized carbons (Fsp3) is 0.333. The van der Waals surface area contributed by atoms with E-state index >= 15 is 0 Å². The summed E-state index contributed by atoms with van der Waals surface area (Å²) < 4.78 is 29.7. The minimum atomic E-state index is -2.89. The number of amides is 1. The molecule has 2 aromatic rings. The quantitative estimate of drug-likeness (QED) is 0.287. The van der Waals surface area contributed by atoms with E-state index in [0.29, 0.717) is 31.0 Å².